The van der Waals surface area contributed by atoms with Crippen molar-refractivity contribution in [3.05, 3.63) is 29.8 Å². The van der Waals surface area contributed by atoms with Gasteiger partial charge in [0.25, 0.3) is 0 Å². The number of rotatable bonds is 2. The van der Waals surface area contributed by atoms with Gasteiger partial charge >= 0.3 is 5.51 Å². The third-order valence-corrected chi connectivity index (χ3v) is 2.52. The average molecular weight is 220 g/mol. The van der Waals surface area contributed by atoms with E-state index in [1.165, 1.54) is 12.1 Å². The van der Waals surface area contributed by atoms with E-state index in [9.17, 15) is 13.2 Å². The Bertz CT molecular complexity index is 333. The molecule has 5 heteroatoms. The number of halogens is 3. The Morgan fingerprint density at radius 2 is 2.07 bits per heavy atom. The van der Waals surface area contributed by atoms with Crippen molar-refractivity contribution in [3.8, 4) is 0 Å². The van der Waals surface area contributed by atoms with Crippen molar-refractivity contribution in [1.82, 2.24) is 0 Å². The normalized spacial score (nSPS) is 20.9. The molecule has 76 valence electrons. The first-order valence-corrected chi connectivity index (χ1v) is 4.83. The number of benzene rings is 1. The Balaban J connectivity index is 2.13. The third-order valence-electron chi connectivity index (χ3n) is 1.80. The highest BCUT2D eigenvalue weighted by molar-refractivity contribution is 8.00. The van der Waals surface area contributed by atoms with Crippen molar-refractivity contribution in [2.45, 2.75) is 16.5 Å². The Labute approximate surface area is 83.3 Å². The molecule has 0 amide bonds. The number of thioether (sulfide) groups is 1. The number of alkyl halides is 3. The van der Waals surface area contributed by atoms with E-state index in [0.29, 0.717) is 6.61 Å². The molecule has 1 aromatic rings. The van der Waals surface area contributed by atoms with Crippen LogP contribution in [0, 0.1) is 0 Å². The van der Waals surface area contributed by atoms with E-state index >= 15 is 0 Å². The highest BCUT2D eigenvalue weighted by atomic mass is 32.2. The summed E-state index contributed by atoms with van der Waals surface area (Å²) in [6.45, 7) is 0.611. The maximum Gasteiger partial charge on any atom is 0.446 e. The molecule has 1 aromatic carbocycles. The second-order valence-corrected chi connectivity index (χ2v) is 4.08. The zero-order valence-corrected chi connectivity index (χ0v) is 7.86. The summed E-state index contributed by atoms with van der Waals surface area (Å²) in [5.74, 6) is 0. The van der Waals surface area contributed by atoms with Gasteiger partial charge in [0.15, 0.2) is 0 Å². The standard InChI is InChI=1S/C9H7F3OS/c10-9(11,12)14-7-3-1-2-6(4-7)8-5-13-8/h1-4,8H,5H2/t8-/m0/s1. The van der Waals surface area contributed by atoms with Crippen molar-refractivity contribution in [3.63, 3.8) is 0 Å². The van der Waals surface area contributed by atoms with Crippen LogP contribution in [0.4, 0.5) is 13.2 Å². The van der Waals surface area contributed by atoms with Crippen LogP contribution in [0.2, 0.25) is 0 Å². The SMILES string of the molecule is FC(F)(F)Sc1cccc([C@@H]2CO2)c1. The molecule has 0 unspecified atom stereocenters. The quantitative estimate of drug-likeness (QED) is 0.559. The molecule has 0 aliphatic carbocycles. The molecular formula is C9H7F3OS. The number of hydrogen-bond acceptors (Lipinski definition) is 2. The molecule has 0 N–H and O–H groups in total. The number of ether oxygens (including phenoxy) is 1. The largest absolute Gasteiger partial charge is 0.446 e. The van der Waals surface area contributed by atoms with Crippen LogP contribution in [-0.4, -0.2) is 12.1 Å². The summed E-state index contributed by atoms with van der Waals surface area (Å²) < 4.78 is 41.1. The van der Waals surface area contributed by atoms with Crippen LogP contribution < -0.4 is 0 Å². The van der Waals surface area contributed by atoms with Gasteiger partial charge in [0, 0.05) is 4.90 Å². The molecule has 1 fully saturated rings. The van der Waals surface area contributed by atoms with E-state index in [-0.39, 0.29) is 22.8 Å². The topological polar surface area (TPSA) is 12.5 Å². The Kier molecular flexibility index (Phi) is 2.45. The molecule has 0 radical (unpaired) electrons. The third kappa shape index (κ3) is 2.65. The minimum absolute atomic E-state index is 0.00350. The maximum absolute atomic E-state index is 12.0. The van der Waals surface area contributed by atoms with Gasteiger partial charge in [-0.1, -0.05) is 12.1 Å². The molecule has 1 saturated heterocycles. The molecular weight excluding hydrogens is 213 g/mol. The zero-order chi connectivity index (χ0) is 10.2. The lowest BCUT2D eigenvalue weighted by Gasteiger charge is -2.06. The van der Waals surface area contributed by atoms with Crippen molar-refractivity contribution >= 4 is 11.8 Å². The fraction of sp³-hybridized carbons (Fsp3) is 0.333. The molecule has 1 heterocycles. The smallest absolute Gasteiger partial charge is 0.368 e. The maximum atomic E-state index is 12.0. The van der Waals surface area contributed by atoms with Gasteiger partial charge in [-0.25, -0.2) is 0 Å². The summed E-state index contributed by atoms with van der Waals surface area (Å²) >= 11 is -0.0955. The van der Waals surface area contributed by atoms with Gasteiger partial charge in [0.2, 0.25) is 0 Å². The number of hydrogen-bond donors (Lipinski definition) is 0. The van der Waals surface area contributed by atoms with Crippen molar-refractivity contribution < 1.29 is 17.9 Å². The second-order valence-electron chi connectivity index (χ2n) is 2.94. The van der Waals surface area contributed by atoms with Gasteiger partial charge in [-0.15, -0.1) is 0 Å². The fourth-order valence-corrected chi connectivity index (χ4v) is 1.76. The summed E-state index contributed by atoms with van der Waals surface area (Å²) in [6.07, 6.45) is 0.00350. The second kappa shape index (κ2) is 3.47. The van der Waals surface area contributed by atoms with E-state index < -0.39 is 5.51 Å². The van der Waals surface area contributed by atoms with Crippen molar-refractivity contribution in [1.29, 1.82) is 0 Å². The van der Waals surface area contributed by atoms with E-state index in [0.717, 1.165) is 5.56 Å². The first kappa shape index (κ1) is 9.86. The van der Waals surface area contributed by atoms with Gasteiger partial charge in [0.05, 0.1) is 6.61 Å². The van der Waals surface area contributed by atoms with Gasteiger partial charge < -0.3 is 4.74 Å². The summed E-state index contributed by atoms with van der Waals surface area (Å²) in [4.78, 5) is 0.213. The van der Waals surface area contributed by atoms with Crippen LogP contribution in [0.15, 0.2) is 29.2 Å². The summed E-state index contributed by atoms with van der Waals surface area (Å²) in [5.41, 5.74) is -3.40. The number of epoxide rings is 1. The van der Waals surface area contributed by atoms with E-state index in [1.54, 1.807) is 12.1 Å². The molecule has 0 bridgehead atoms. The van der Waals surface area contributed by atoms with Crippen molar-refractivity contribution in [2.75, 3.05) is 6.61 Å². The molecule has 0 saturated carbocycles. The molecule has 1 nitrogen and oxygen atoms in total. The predicted molar refractivity (Wildman–Crippen MR) is 47.0 cm³/mol. The van der Waals surface area contributed by atoms with E-state index in [4.69, 9.17) is 4.74 Å². The summed E-state index contributed by atoms with van der Waals surface area (Å²) in [6, 6.07) is 6.36. The van der Waals surface area contributed by atoms with Crippen LogP contribution in [-0.2, 0) is 4.74 Å². The highest BCUT2D eigenvalue weighted by Gasteiger charge is 2.30. The van der Waals surface area contributed by atoms with Gasteiger partial charge in [0.1, 0.15) is 6.10 Å². The first-order chi connectivity index (χ1) is 6.54. The van der Waals surface area contributed by atoms with Crippen LogP contribution in [0.1, 0.15) is 11.7 Å². The van der Waals surface area contributed by atoms with Crippen LogP contribution in [0.25, 0.3) is 0 Å². The molecule has 1 aliphatic rings. The Hall–Kier alpha value is -0.680. The zero-order valence-electron chi connectivity index (χ0n) is 7.04. The molecule has 14 heavy (non-hydrogen) atoms. The first-order valence-electron chi connectivity index (χ1n) is 4.02. The minimum atomic E-state index is -4.22. The van der Waals surface area contributed by atoms with E-state index in [2.05, 4.69) is 0 Å². The predicted octanol–water partition coefficient (Wildman–Crippen LogP) is 3.37. The van der Waals surface area contributed by atoms with Crippen LogP contribution in [0.5, 0.6) is 0 Å². The monoisotopic (exact) mass is 220 g/mol. The van der Waals surface area contributed by atoms with Gasteiger partial charge in [-0.2, -0.15) is 13.2 Å². The highest BCUT2D eigenvalue weighted by Crippen LogP contribution is 2.39. The van der Waals surface area contributed by atoms with Crippen LogP contribution >= 0.6 is 11.8 Å². The lowest BCUT2D eigenvalue weighted by atomic mass is 10.2. The molecule has 0 aromatic heterocycles. The van der Waals surface area contributed by atoms with Gasteiger partial charge in [-0.05, 0) is 29.5 Å². The van der Waals surface area contributed by atoms with Crippen LogP contribution in [0.3, 0.4) is 0 Å². The summed E-state index contributed by atoms with van der Waals surface area (Å²) in [5, 5.41) is 0. The molecule has 0 spiro atoms. The minimum Gasteiger partial charge on any atom is -0.368 e. The summed E-state index contributed by atoms with van der Waals surface area (Å²) in [7, 11) is 0. The Morgan fingerprint density at radius 1 is 1.36 bits per heavy atom. The lowest BCUT2D eigenvalue weighted by Crippen LogP contribution is -1.99. The molecule has 1 aliphatic heterocycles. The van der Waals surface area contributed by atoms with Crippen molar-refractivity contribution in [2.24, 2.45) is 0 Å². The fourth-order valence-electron chi connectivity index (χ4n) is 1.15. The average Bonchev–Trinajstić information content (AvgIpc) is 2.83. The van der Waals surface area contributed by atoms with E-state index in [1.807, 2.05) is 0 Å². The molecule has 2 rings (SSSR count). The Morgan fingerprint density at radius 3 is 2.64 bits per heavy atom. The van der Waals surface area contributed by atoms with Gasteiger partial charge in [-0.3, -0.25) is 0 Å². The molecule has 1 atom stereocenters. The lowest BCUT2D eigenvalue weighted by molar-refractivity contribution is -0.0328.